The summed E-state index contributed by atoms with van der Waals surface area (Å²) >= 11 is 0.995. The van der Waals surface area contributed by atoms with Crippen LogP contribution in [0.15, 0.2) is 54.0 Å². The Morgan fingerprint density at radius 3 is 2.50 bits per heavy atom. The Morgan fingerprint density at radius 1 is 1.04 bits per heavy atom. The first-order valence-electron chi connectivity index (χ1n) is 8.82. The molecule has 26 heavy (non-hydrogen) atoms. The van der Waals surface area contributed by atoms with Gasteiger partial charge in [0.05, 0.1) is 4.91 Å². The SMILES string of the molecule is C=CCN1C(=O)S/C(=C/c2ccc(N3CCCC3)c3ccccc23)C1=O. The van der Waals surface area contributed by atoms with Gasteiger partial charge in [0.15, 0.2) is 0 Å². The first-order valence-corrected chi connectivity index (χ1v) is 9.63. The Hall–Kier alpha value is -2.53. The lowest BCUT2D eigenvalue weighted by molar-refractivity contribution is -0.122. The summed E-state index contributed by atoms with van der Waals surface area (Å²) in [6.07, 6.45) is 5.86. The predicted molar refractivity (Wildman–Crippen MR) is 108 cm³/mol. The largest absolute Gasteiger partial charge is 0.371 e. The molecule has 5 heteroatoms. The highest BCUT2D eigenvalue weighted by molar-refractivity contribution is 8.18. The topological polar surface area (TPSA) is 40.6 Å². The molecule has 2 heterocycles. The fourth-order valence-corrected chi connectivity index (χ4v) is 4.43. The number of anilines is 1. The number of thioether (sulfide) groups is 1. The monoisotopic (exact) mass is 364 g/mol. The van der Waals surface area contributed by atoms with Crippen LogP contribution in [0.1, 0.15) is 18.4 Å². The molecule has 0 saturated carbocycles. The maximum Gasteiger partial charge on any atom is 0.293 e. The Labute approximate surface area is 157 Å². The number of hydrogen-bond donors (Lipinski definition) is 0. The summed E-state index contributed by atoms with van der Waals surface area (Å²) in [6, 6.07) is 12.4. The molecule has 0 radical (unpaired) electrons. The van der Waals surface area contributed by atoms with E-state index >= 15 is 0 Å². The Morgan fingerprint density at radius 2 is 1.77 bits per heavy atom. The molecule has 2 amide bonds. The normalized spacial score (nSPS) is 19.2. The maximum atomic E-state index is 12.5. The van der Waals surface area contributed by atoms with Crippen molar-refractivity contribution in [1.29, 1.82) is 0 Å². The number of fused-ring (bicyclic) bond motifs is 1. The summed E-state index contributed by atoms with van der Waals surface area (Å²) in [5.74, 6) is -0.243. The zero-order valence-electron chi connectivity index (χ0n) is 14.5. The van der Waals surface area contributed by atoms with Crippen LogP contribution in [0.25, 0.3) is 16.8 Å². The summed E-state index contributed by atoms with van der Waals surface area (Å²) < 4.78 is 0. The van der Waals surface area contributed by atoms with Gasteiger partial charge in [-0.25, -0.2) is 0 Å². The molecule has 2 aromatic carbocycles. The standard InChI is InChI=1S/C21H20N2O2S/c1-2-11-23-20(24)19(26-21(23)25)14-15-9-10-18(22-12-5-6-13-22)17-8-4-3-7-16(15)17/h2-4,7-10,14H,1,5-6,11-13H2/b19-14+. The van der Waals surface area contributed by atoms with Crippen LogP contribution in [-0.4, -0.2) is 35.7 Å². The van der Waals surface area contributed by atoms with E-state index < -0.39 is 0 Å². The zero-order valence-corrected chi connectivity index (χ0v) is 15.3. The summed E-state index contributed by atoms with van der Waals surface area (Å²) in [4.78, 5) is 28.6. The van der Waals surface area contributed by atoms with Gasteiger partial charge in [0.1, 0.15) is 0 Å². The van der Waals surface area contributed by atoms with E-state index in [-0.39, 0.29) is 17.7 Å². The number of nitrogens with zero attached hydrogens (tertiary/aromatic N) is 2. The van der Waals surface area contributed by atoms with Gasteiger partial charge in [-0.05, 0) is 47.7 Å². The molecule has 2 aliphatic rings. The number of amides is 2. The third kappa shape index (κ3) is 2.92. The van der Waals surface area contributed by atoms with E-state index in [2.05, 4.69) is 35.7 Å². The zero-order chi connectivity index (χ0) is 18.1. The van der Waals surface area contributed by atoms with Gasteiger partial charge >= 0.3 is 0 Å². The quantitative estimate of drug-likeness (QED) is 0.584. The minimum Gasteiger partial charge on any atom is -0.371 e. The number of carbonyl (C=O) groups is 2. The summed E-state index contributed by atoms with van der Waals surface area (Å²) in [7, 11) is 0. The summed E-state index contributed by atoms with van der Waals surface area (Å²) in [5.41, 5.74) is 2.21. The average molecular weight is 364 g/mol. The van der Waals surface area contributed by atoms with Gasteiger partial charge in [-0.2, -0.15) is 0 Å². The third-order valence-corrected chi connectivity index (χ3v) is 5.76. The minimum atomic E-state index is -0.243. The van der Waals surface area contributed by atoms with Crippen molar-refractivity contribution in [3.05, 3.63) is 59.5 Å². The van der Waals surface area contributed by atoms with Crippen molar-refractivity contribution in [2.75, 3.05) is 24.5 Å². The lowest BCUT2D eigenvalue weighted by Crippen LogP contribution is -2.27. The Kier molecular flexibility index (Phi) is 4.55. The van der Waals surface area contributed by atoms with Crippen LogP contribution in [0.5, 0.6) is 0 Å². The van der Waals surface area contributed by atoms with Crippen LogP contribution in [-0.2, 0) is 4.79 Å². The third-order valence-electron chi connectivity index (χ3n) is 4.85. The van der Waals surface area contributed by atoms with E-state index in [0.717, 1.165) is 35.8 Å². The van der Waals surface area contributed by atoms with Gasteiger partial charge in [-0.1, -0.05) is 36.4 Å². The molecule has 0 N–H and O–H groups in total. The number of benzene rings is 2. The molecular formula is C21H20N2O2S. The minimum absolute atomic E-state index is 0.237. The second-order valence-corrected chi connectivity index (χ2v) is 7.49. The van der Waals surface area contributed by atoms with Gasteiger partial charge < -0.3 is 4.90 Å². The van der Waals surface area contributed by atoms with Crippen molar-refractivity contribution >= 4 is 45.4 Å². The van der Waals surface area contributed by atoms with Gasteiger partial charge in [-0.3, -0.25) is 14.5 Å². The molecule has 4 rings (SSSR count). The highest BCUT2D eigenvalue weighted by atomic mass is 32.2. The van der Waals surface area contributed by atoms with Gasteiger partial charge in [0, 0.05) is 30.7 Å². The Bertz CT molecular complexity index is 929. The second-order valence-electron chi connectivity index (χ2n) is 6.49. The van der Waals surface area contributed by atoms with Crippen molar-refractivity contribution in [3.63, 3.8) is 0 Å². The Balaban J connectivity index is 1.76. The molecule has 0 atom stereocenters. The van der Waals surface area contributed by atoms with Crippen molar-refractivity contribution < 1.29 is 9.59 Å². The molecule has 2 aliphatic heterocycles. The number of hydrogen-bond acceptors (Lipinski definition) is 4. The van der Waals surface area contributed by atoms with E-state index in [1.165, 1.54) is 28.8 Å². The highest BCUT2D eigenvalue weighted by Gasteiger charge is 2.34. The first-order chi connectivity index (χ1) is 12.7. The van der Waals surface area contributed by atoms with Crippen LogP contribution >= 0.6 is 11.8 Å². The van der Waals surface area contributed by atoms with Crippen LogP contribution in [0.3, 0.4) is 0 Å². The molecule has 2 fully saturated rings. The lowest BCUT2D eigenvalue weighted by atomic mass is 10.0. The fraction of sp³-hybridized carbons (Fsp3) is 0.238. The first kappa shape index (κ1) is 16.9. The number of imide groups is 1. The van der Waals surface area contributed by atoms with Crippen LogP contribution in [0.2, 0.25) is 0 Å². The average Bonchev–Trinajstić information content (AvgIpc) is 3.27. The van der Waals surface area contributed by atoms with Crippen LogP contribution in [0, 0.1) is 0 Å². The molecule has 0 unspecified atom stereocenters. The van der Waals surface area contributed by atoms with Crippen molar-refractivity contribution in [1.82, 2.24) is 4.90 Å². The molecule has 0 bridgehead atoms. The molecule has 0 aliphatic carbocycles. The number of carbonyl (C=O) groups excluding carboxylic acids is 2. The van der Waals surface area contributed by atoms with E-state index in [4.69, 9.17) is 0 Å². The van der Waals surface area contributed by atoms with Crippen molar-refractivity contribution in [2.45, 2.75) is 12.8 Å². The smallest absolute Gasteiger partial charge is 0.293 e. The van der Waals surface area contributed by atoms with Crippen molar-refractivity contribution in [2.24, 2.45) is 0 Å². The molecule has 4 nitrogen and oxygen atoms in total. The lowest BCUT2D eigenvalue weighted by Gasteiger charge is -2.20. The van der Waals surface area contributed by atoms with E-state index in [0.29, 0.717) is 4.91 Å². The summed E-state index contributed by atoms with van der Waals surface area (Å²) in [5, 5.41) is 2.06. The van der Waals surface area contributed by atoms with E-state index in [1.54, 1.807) is 6.08 Å². The molecule has 132 valence electrons. The van der Waals surface area contributed by atoms with Gasteiger partial charge in [-0.15, -0.1) is 6.58 Å². The van der Waals surface area contributed by atoms with E-state index in [9.17, 15) is 9.59 Å². The molecule has 0 spiro atoms. The molecule has 0 aromatic heterocycles. The molecular weight excluding hydrogens is 344 g/mol. The second kappa shape index (κ2) is 7.00. The maximum absolute atomic E-state index is 12.5. The molecule has 2 saturated heterocycles. The van der Waals surface area contributed by atoms with Gasteiger partial charge in [0.2, 0.25) is 0 Å². The predicted octanol–water partition coefficient (Wildman–Crippen LogP) is 4.66. The molecule has 2 aromatic rings. The number of rotatable bonds is 4. The van der Waals surface area contributed by atoms with Crippen LogP contribution in [0.4, 0.5) is 10.5 Å². The van der Waals surface area contributed by atoms with E-state index in [1.807, 2.05) is 18.2 Å². The van der Waals surface area contributed by atoms with Gasteiger partial charge in [0.25, 0.3) is 11.1 Å². The summed E-state index contributed by atoms with van der Waals surface area (Å²) in [6.45, 7) is 6.03. The highest BCUT2D eigenvalue weighted by Crippen LogP contribution is 2.36. The fourth-order valence-electron chi connectivity index (χ4n) is 3.59. The van der Waals surface area contributed by atoms with Crippen molar-refractivity contribution in [3.8, 4) is 0 Å². The van der Waals surface area contributed by atoms with Crippen LogP contribution < -0.4 is 4.90 Å².